The van der Waals surface area contributed by atoms with Crippen LogP contribution in [0.3, 0.4) is 0 Å². The van der Waals surface area contributed by atoms with Crippen LogP contribution in [0.2, 0.25) is 0 Å². The Morgan fingerprint density at radius 1 is 0.889 bits per heavy atom. The summed E-state index contributed by atoms with van der Waals surface area (Å²) in [7, 11) is 0. The summed E-state index contributed by atoms with van der Waals surface area (Å²) < 4.78 is 14.6. The molecule has 134 valence electrons. The van der Waals surface area contributed by atoms with Gasteiger partial charge in [0.15, 0.2) is 5.78 Å². The molecule has 0 spiro atoms. The Morgan fingerprint density at radius 3 is 2.22 bits per heavy atom. The summed E-state index contributed by atoms with van der Waals surface area (Å²) in [6, 6.07) is 19.8. The van der Waals surface area contributed by atoms with E-state index in [4.69, 9.17) is 0 Å². The first-order valence-electron chi connectivity index (χ1n) is 8.17. The summed E-state index contributed by atoms with van der Waals surface area (Å²) in [6.07, 6.45) is 3.23. The smallest absolute Gasteiger partial charge is 0.258 e. The third-order valence-corrected chi connectivity index (χ3v) is 4.37. The molecule has 1 N–H and O–H groups in total. The van der Waals surface area contributed by atoms with Crippen molar-refractivity contribution >= 4 is 39.4 Å². The van der Waals surface area contributed by atoms with E-state index in [1.807, 2.05) is 24.3 Å². The predicted octanol–water partition coefficient (Wildman–Crippen LogP) is 5.74. The fourth-order valence-electron chi connectivity index (χ4n) is 2.40. The molecule has 0 saturated carbocycles. The first-order valence-corrected chi connectivity index (χ1v) is 8.96. The van der Waals surface area contributed by atoms with E-state index in [0.29, 0.717) is 11.3 Å². The van der Waals surface area contributed by atoms with Gasteiger partial charge in [0.2, 0.25) is 0 Å². The molecule has 1 amide bonds. The number of halogens is 2. The highest BCUT2D eigenvalue weighted by Crippen LogP contribution is 2.15. The molecule has 0 fully saturated rings. The van der Waals surface area contributed by atoms with Gasteiger partial charge in [0.1, 0.15) is 5.82 Å². The van der Waals surface area contributed by atoms with Crippen molar-refractivity contribution in [3.8, 4) is 0 Å². The molecule has 0 unspecified atom stereocenters. The van der Waals surface area contributed by atoms with E-state index in [1.54, 1.807) is 36.4 Å². The lowest BCUT2D eigenvalue weighted by molar-refractivity contribution is 0.102. The summed E-state index contributed by atoms with van der Waals surface area (Å²) >= 11 is 3.36. The second-order valence-corrected chi connectivity index (χ2v) is 6.68. The van der Waals surface area contributed by atoms with Crippen molar-refractivity contribution in [3.63, 3.8) is 0 Å². The highest BCUT2D eigenvalue weighted by Gasteiger charge is 2.11. The van der Waals surface area contributed by atoms with Crippen molar-refractivity contribution < 1.29 is 14.0 Å². The van der Waals surface area contributed by atoms with Crippen LogP contribution >= 0.6 is 15.9 Å². The fourth-order valence-corrected chi connectivity index (χ4v) is 2.67. The standard InChI is InChI=1S/C22H15BrFNO2/c23-17-10-5-15(6-11-17)7-14-21(26)16-8-12-18(13-9-16)25-22(27)19-3-1-2-4-20(19)24/h1-14H,(H,25,27)/b14-7+. The Morgan fingerprint density at radius 2 is 1.56 bits per heavy atom. The van der Waals surface area contributed by atoms with Crippen LogP contribution < -0.4 is 5.32 Å². The first kappa shape index (κ1) is 18.7. The summed E-state index contributed by atoms with van der Waals surface area (Å²) in [5.74, 6) is -1.27. The summed E-state index contributed by atoms with van der Waals surface area (Å²) in [4.78, 5) is 24.4. The van der Waals surface area contributed by atoms with Gasteiger partial charge in [-0.05, 0) is 60.2 Å². The van der Waals surface area contributed by atoms with Crippen LogP contribution in [0.5, 0.6) is 0 Å². The maximum absolute atomic E-state index is 13.6. The number of benzene rings is 3. The van der Waals surface area contributed by atoms with Crippen LogP contribution in [0.4, 0.5) is 10.1 Å². The highest BCUT2D eigenvalue weighted by atomic mass is 79.9. The van der Waals surface area contributed by atoms with Gasteiger partial charge in [0, 0.05) is 15.7 Å². The number of carbonyl (C=O) groups excluding carboxylic acids is 2. The minimum absolute atomic E-state index is 0.0323. The normalized spacial score (nSPS) is 10.7. The maximum Gasteiger partial charge on any atom is 0.258 e. The second-order valence-electron chi connectivity index (χ2n) is 5.76. The van der Waals surface area contributed by atoms with E-state index in [0.717, 1.165) is 10.0 Å². The number of carbonyl (C=O) groups is 2. The molecule has 0 aliphatic rings. The zero-order chi connectivity index (χ0) is 19.2. The minimum Gasteiger partial charge on any atom is -0.322 e. The first-order chi connectivity index (χ1) is 13.0. The van der Waals surface area contributed by atoms with Crippen molar-refractivity contribution in [2.45, 2.75) is 0 Å². The van der Waals surface area contributed by atoms with E-state index in [9.17, 15) is 14.0 Å². The molecule has 0 aliphatic heterocycles. The summed E-state index contributed by atoms with van der Waals surface area (Å²) in [6.45, 7) is 0. The van der Waals surface area contributed by atoms with Gasteiger partial charge in [-0.1, -0.05) is 46.3 Å². The monoisotopic (exact) mass is 423 g/mol. The van der Waals surface area contributed by atoms with Gasteiger partial charge in [-0.25, -0.2) is 4.39 Å². The lowest BCUT2D eigenvalue weighted by atomic mass is 10.1. The quantitative estimate of drug-likeness (QED) is 0.420. The third-order valence-electron chi connectivity index (χ3n) is 3.84. The van der Waals surface area contributed by atoms with E-state index in [2.05, 4.69) is 21.2 Å². The topological polar surface area (TPSA) is 46.2 Å². The molecule has 3 rings (SSSR count). The molecule has 27 heavy (non-hydrogen) atoms. The molecule has 3 aromatic carbocycles. The van der Waals surface area contributed by atoms with Gasteiger partial charge in [-0.2, -0.15) is 0 Å². The number of hydrogen-bond donors (Lipinski definition) is 1. The van der Waals surface area contributed by atoms with E-state index in [-0.39, 0.29) is 11.3 Å². The van der Waals surface area contributed by atoms with Gasteiger partial charge >= 0.3 is 0 Å². The van der Waals surface area contributed by atoms with Crippen LogP contribution in [0.25, 0.3) is 6.08 Å². The number of rotatable bonds is 5. The largest absolute Gasteiger partial charge is 0.322 e. The van der Waals surface area contributed by atoms with Crippen LogP contribution in [-0.4, -0.2) is 11.7 Å². The van der Waals surface area contributed by atoms with Gasteiger partial charge in [0.05, 0.1) is 5.56 Å². The number of nitrogens with one attached hydrogen (secondary N) is 1. The van der Waals surface area contributed by atoms with E-state index < -0.39 is 11.7 Å². The van der Waals surface area contributed by atoms with Gasteiger partial charge in [-0.15, -0.1) is 0 Å². The fraction of sp³-hybridized carbons (Fsp3) is 0. The Hall–Kier alpha value is -3.05. The lowest BCUT2D eigenvalue weighted by Gasteiger charge is -2.06. The summed E-state index contributed by atoms with van der Waals surface area (Å²) in [5.41, 5.74) is 1.86. The predicted molar refractivity (Wildman–Crippen MR) is 108 cm³/mol. The van der Waals surface area contributed by atoms with Crippen LogP contribution in [0, 0.1) is 5.82 Å². The average molecular weight is 424 g/mol. The number of anilines is 1. The molecular weight excluding hydrogens is 409 g/mol. The Bertz CT molecular complexity index is 996. The molecule has 0 radical (unpaired) electrons. The molecule has 0 heterocycles. The van der Waals surface area contributed by atoms with Crippen LogP contribution in [0.15, 0.2) is 83.3 Å². The van der Waals surface area contributed by atoms with Crippen molar-refractivity contribution in [2.24, 2.45) is 0 Å². The van der Waals surface area contributed by atoms with Crippen molar-refractivity contribution in [1.29, 1.82) is 0 Å². The van der Waals surface area contributed by atoms with Crippen molar-refractivity contribution in [3.05, 3.63) is 106 Å². The van der Waals surface area contributed by atoms with Gasteiger partial charge in [0.25, 0.3) is 5.91 Å². The molecule has 0 saturated heterocycles. The van der Waals surface area contributed by atoms with Gasteiger partial charge in [-0.3, -0.25) is 9.59 Å². The molecule has 3 aromatic rings. The van der Waals surface area contributed by atoms with Crippen molar-refractivity contribution in [1.82, 2.24) is 0 Å². The Kier molecular flexibility index (Phi) is 5.94. The van der Waals surface area contributed by atoms with Gasteiger partial charge < -0.3 is 5.32 Å². The molecule has 0 bridgehead atoms. The molecular formula is C22H15BrFNO2. The lowest BCUT2D eigenvalue weighted by Crippen LogP contribution is -2.13. The Balaban J connectivity index is 1.66. The zero-order valence-electron chi connectivity index (χ0n) is 14.2. The molecule has 0 atom stereocenters. The second kappa shape index (κ2) is 8.56. The molecule has 0 aliphatic carbocycles. The average Bonchev–Trinajstić information content (AvgIpc) is 2.68. The molecule has 0 aromatic heterocycles. The van der Waals surface area contributed by atoms with Crippen LogP contribution in [-0.2, 0) is 0 Å². The number of hydrogen-bond acceptors (Lipinski definition) is 2. The minimum atomic E-state index is -0.583. The van der Waals surface area contributed by atoms with E-state index in [1.165, 1.54) is 24.3 Å². The number of allylic oxidation sites excluding steroid dienone is 1. The maximum atomic E-state index is 13.6. The highest BCUT2D eigenvalue weighted by molar-refractivity contribution is 9.10. The van der Waals surface area contributed by atoms with Crippen molar-refractivity contribution in [2.75, 3.05) is 5.32 Å². The molecule has 3 nitrogen and oxygen atoms in total. The Labute approximate surface area is 164 Å². The third kappa shape index (κ3) is 4.99. The SMILES string of the molecule is O=C(/C=C/c1ccc(Br)cc1)c1ccc(NC(=O)c2ccccc2F)cc1. The summed E-state index contributed by atoms with van der Waals surface area (Å²) in [5, 5.41) is 2.62. The van der Waals surface area contributed by atoms with Crippen LogP contribution in [0.1, 0.15) is 26.3 Å². The molecule has 5 heteroatoms. The zero-order valence-corrected chi connectivity index (χ0v) is 15.7. The number of amides is 1. The number of ketones is 1. The van der Waals surface area contributed by atoms with E-state index >= 15 is 0 Å².